The van der Waals surface area contributed by atoms with Crippen molar-refractivity contribution in [3.8, 4) is 0 Å². The Bertz CT molecular complexity index is 764. The van der Waals surface area contributed by atoms with E-state index in [4.69, 9.17) is 0 Å². The van der Waals surface area contributed by atoms with Crippen LogP contribution in [0.4, 0.5) is 0 Å². The molecule has 1 N–H and O–H groups in total. The first-order valence-corrected chi connectivity index (χ1v) is 7.65. The number of hydrogen-bond donors (Lipinski definition) is 1. The Hall–Kier alpha value is -2.76. The summed E-state index contributed by atoms with van der Waals surface area (Å²) in [4.78, 5) is 31.9. The highest BCUT2D eigenvalue weighted by Gasteiger charge is 2.25. The van der Waals surface area contributed by atoms with Crippen LogP contribution in [0.5, 0.6) is 0 Å². The summed E-state index contributed by atoms with van der Waals surface area (Å²) in [6, 6.07) is 5.27. The van der Waals surface area contributed by atoms with Gasteiger partial charge < -0.3 is 5.32 Å². The van der Waals surface area contributed by atoms with E-state index in [1.54, 1.807) is 30.9 Å². The fourth-order valence-corrected chi connectivity index (χ4v) is 2.22. The third kappa shape index (κ3) is 4.35. The average molecular weight is 310 g/mol. The summed E-state index contributed by atoms with van der Waals surface area (Å²) in [7, 11) is 0. The molecule has 0 aromatic carbocycles. The molecular formula is C17H18N4O2. The summed E-state index contributed by atoms with van der Waals surface area (Å²) in [5, 5.41) is 2.74. The van der Waals surface area contributed by atoms with Gasteiger partial charge in [-0.3, -0.25) is 19.1 Å². The summed E-state index contributed by atoms with van der Waals surface area (Å²) in [5.41, 5.74) is 1.68. The normalized spacial score (nSPS) is 14.1. The van der Waals surface area contributed by atoms with E-state index in [9.17, 15) is 9.59 Å². The van der Waals surface area contributed by atoms with Gasteiger partial charge in [0.2, 0.25) is 5.91 Å². The van der Waals surface area contributed by atoms with Gasteiger partial charge in [-0.15, -0.1) is 0 Å². The largest absolute Gasteiger partial charge is 0.351 e. The Kier molecular flexibility index (Phi) is 4.61. The van der Waals surface area contributed by atoms with Gasteiger partial charge in [-0.05, 0) is 30.5 Å². The van der Waals surface area contributed by atoms with Crippen molar-refractivity contribution < 1.29 is 4.79 Å². The quantitative estimate of drug-likeness (QED) is 0.817. The lowest BCUT2D eigenvalue weighted by atomic mass is 10.2. The molecule has 1 fully saturated rings. The van der Waals surface area contributed by atoms with Gasteiger partial charge >= 0.3 is 0 Å². The number of nitrogens with one attached hydrogen (secondary N) is 1. The lowest BCUT2D eigenvalue weighted by molar-refractivity contribution is -0.116. The van der Waals surface area contributed by atoms with Crippen LogP contribution in [0, 0.1) is 0 Å². The van der Waals surface area contributed by atoms with Crippen LogP contribution in [-0.4, -0.2) is 27.0 Å². The highest BCUT2D eigenvalue weighted by Crippen LogP contribution is 2.38. The molecule has 1 aliphatic rings. The van der Waals surface area contributed by atoms with E-state index < -0.39 is 0 Å². The number of aromatic nitrogens is 3. The third-order valence-corrected chi connectivity index (χ3v) is 3.66. The first kappa shape index (κ1) is 15.1. The molecule has 1 saturated carbocycles. The molecule has 0 unspecified atom stereocenters. The molecule has 2 heterocycles. The number of pyridine rings is 1. The van der Waals surface area contributed by atoms with Crippen molar-refractivity contribution in [3.63, 3.8) is 0 Å². The van der Waals surface area contributed by atoms with Crippen LogP contribution in [0.1, 0.15) is 30.0 Å². The van der Waals surface area contributed by atoms with Crippen molar-refractivity contribution in [3.05, 3.63) is 64.6 Å². The lowest BCUT2D eigenvalue weighted by Crippen LogP contribution is -2.30. The molecule has 0 bridgehead atoms. The van der Waals surface area contributed by atoms with E-state index in [-0.39, 0.29) is 11.5 Å². The van der Waals surface area contributed by atoms with E-state index in [2.05, 4.69) is 15.3 Å². The van der Waals surface area contributed by atoms with Crippen molar-refractivity contribution >= 4 is 12.0 Å². The Labute approximate surface area is 133 Å². The van der Waals surface area contributed by atoms with E-state index in [0.717, 1.165) is 24.1 Å². The monoisotopic (exact) mass is 310 g/mol. The summed E-state index contributed by atoms with van der Waals surface area (Å²) in [6.07, 6.45) is 10.3. The SMILES string of the molecule is O=C(/C=C/c1cccnc1)NCCn1cnc(C2CC2)cc1=O. The van der Waals surface area contributed by atoms with Gasteiger partial charge in [0.05, 0.1) is 12.0 Å². The maximum absolute atomic E-state index is 11.9. The predicted molar refractivity (Wildman–Crippen MR) is 86.8 cm³/mol. The van der Waals surface area contributed by atoms with Gasteiger partial charge in [-0.1, -0.05) is 6.07 Å². The fraction of sp³-hybridized carbons (Fsp3) is 0.294. The predicted octanol–water partition coefficient (Wildman–Crippen LogP) is 1.35. The highest BCUT2D eigenvalue weighted by molar-refractivity contribution is 5.91. The second-order valence-electron chi connectivity index (χ2n) is 5.53. The number of rotatable bonds is 6. The van der Waals surface area contributed by atoms with Crippen molar-refractivity contribution in [1.29, 1.82) is 0 Å². The maximum atomic E-state index is 11.9. The molecule has 0 saturated heterocycles. The summed E-state index contributed by atoms with van der Waals surface area (Å²) in [6.45, 7) is 0.782. The van der Waals surface area contributed by atoms with Crippen LogP contribution in [0.2, 0.25) is 0 Å². The minimum absolute atomic E-state index is 0.0675. The standard InChI is InChI=1S/C17H18N4O2/c22-16(6-3-13-2-1-7-18-11-13)19-8-9-21-12-20-15(10-17(21)23)14-4-5-14/h1-3,6-7,10-12,14H,4-5,8-9H2,(H,19,22)/b6-3+. The topological polar surface area (TPSA) is 76.9 Å². The molecule has 3 rings (SSSR count). The molecule has 0 radical (unpaired) electrons. The molecule has 6 nitrogen and oxygen atoms in total. The Morgan fingerprint density at radius 3 is 3.00 bits per heavy atom. The minimum Gasteiger partial charge on any atom is -0.351 e. The third-order valence-electron chi connectivity index (χ3n) is 3.66. The number of carbonyl (C=O) groups is 1. The van der Waals surface area contributed by atoms with Crippen LogP contribution in [0.25, 0.3) is 6.08 Å². The fourth-order valence-electron chi connectivity index (χ4n) is 2.22. The van der Waals surface area contributed by atoms with E-state index in [0.29, 0.717) is 19.0 Å². The van der Waals surface area contributed by atoms with Gasteiger partial charge in [0.25, 0.3) is 5.56 Å². The lowest BCUT2D eigenvalue weighted by Gasteiger charge is -2.06. The molecule has 23 heavy (non-hydrogen) atoms. The van der Waals surface area contributed by atoms with Crippen molar-refractivity contribution in [2.24, 2.45) is 0 Å². The van der Waals surface area contributed by atoms with Crippen LogP contribution in [-0.2, 0) is 11.3 Å². The van der Waals surface area contributed by atoms with Crippen LogP contribution < -0.4 is 10.9 Å². The Morgan fingerprint density at radius 1 is 1.43 bits per heavy atom. The number of carbonyl (C=O) groups excluding carboxylic acids is 1. The molecule has 2 aromatic rings. The zero-order valence-electron chi connectivity index (χ0n) is 12.7. The summed E-state index contributed by atoms with van der Waals surface area (Å²) >= 11 is 0. The second kappa shape index (κ2) is 7.00. The smallest absolute Gasteiger partial charge is 0.253 e. The number of amides is 1. The summed E-state index contributed by atoms with van der Waals surface area (Å²) in [5.74, 6) is 0.263. The molecular weight excluding hydrogens is 292 g/mol. The maximum Gasteiger partial charge on any atom is 0.253 e. The van der Waals surface area contributed by atoms with Crippen LogP contribution in [0.3, 0.4) is 0 Å². The molecule has 1 aliphatic carbocycles. The minimum atomic E-state index is -0.204. The Morgan fingerprint density at radius 2 is 2.30 bits per heavy atom. The number of hydrogen-bond acceptors (Lipinski definition) is 4. The van der Waals surface area contributed by atoms with Crippen molar-refractivity contribution in [2.45, 2.75) is 25.3 Å². The van der Waals surface area contributed by atoms with Gasteiger partial charge in [-0.25, -0.2) is 4.98 Å². The average Bonchev–Trinajstić information content (AvgIpc) is 3.40. The second-order valence-corrected chi connectivity index (χ2v) is 5.53. The molecule has 0 spiro atoms. The van der Waals surface area contributed by atoms with E-state index in [1.165, 1.54) is 10.6 Å². The highest BCUT2D eigenvalue weighted by atomic mass is 16.1. The Balaban J connectivity index is 1.48. The van der Waals surface area contributed by atoms with Gasteiger partial charge in [0, 0.05) is 43.5 Å². The molecule has 6 heteroatoms. The van der Waals surface area contributed by atoms with Crippen LogP contribution >= 0.6 is 0 Å². The van der Waals surface area contributed by atoms with Gasteiger partial charge in [0.15, 0.2) is 0 Å². The number of nitrogens with zero attached hydrogens (tertiary/aromatic N) is 3. The molecule has 2 aromatic heterocycles. The molecule has 1 amide bonds. The zero-order chi connectivity index (χ0) is 16.1. The van der Waals surface area contributed by atoms with Crippen LogP contribution in [0.15, 0.2) is 47.8 Å². The van der Waals surface area contributed by atoms with Crippen molar-refractivity contribution in [2.75, 3.05) is 6.54 Å². The zero-order valence-corrected chi connectivity index (χ0v) is 12.7. The first-order chi connectivity index (χ1) is 11.2. The first-order valence-electron chi connectivity index (χ1n) is 7.65. The van der Waals surface area contributed by atoms with Crippen molar-refractivity contribution in [1.82, 2.24) is 19.9 Å². The molecule has 118 valence electrons. The molecule has 0 atom stereocenters. The van der Waals surface area contributed by atoms with E-state index >= 15 is 0 Å². The summed E-state index contributed by atoms with van der Waals surface area (Å²) < 4.78 is 1.51. The van der Waals surface area contributed by atoms with Gasteiger partial charge in [0.1, 0.15) is 0 Å². The molecule has 0 aliphatic heterocycles. The van der Waals surface area contributed by atoms with E-state index in [1.807, 2.05) is 12.1 Å². The van der Waals surface area contributed by atoms with Gasteiger partial charge in [-0.2, -0.15) is 0 Å².